The Morgan fingerprint density at radius 2 is 1.43 bits per heavy atom. The lowest BCUT2D eigenvalue weighted by Crippen LogP contribution is -2.46. The van der Waals surface area contributed by atoms with Gasteiger partial charge in [-0.25, -0.2) is 4.79 Å². The van der Waals surface area contributed by atoms with E-state index in [-0.39, 0.29) is 36.8 Å². The molecular formula is C26H24F9NO4. The number of esters is 1. The minimum absolute atomic E-state index is 0.0829. The highest BCUT2D eigenvalue weighted by Crippen LogP contribution is 2.50. The summed E-state index contributed by atoms with van der Waals surface area (Å²) in [6.45, 7) is 3.03. The summed E-state index contributed by atoms with van der Waals surface area (Å²) in [5.41, 5.74) is -5.75. The molecule has 1 heterocycles. The summed E-state index contributed by atoms with van der Waals surface area (Å²) in [6, 6.07) is 2.03. The number of benzene rings is 2. The third-order valence-electron chi connectivity index (χ3n) is 6.67. The number of amides is 1. The molecular weight excluding hydrogens is 561 g/mol. The molecule has 220 valence electrons. The average Bonchev–Trinajstić information content (AvgIpc) is 2.86. The number of fused-ring (bicyclic) bond motifs is 1. The number of methoxy groups -OCH3 is 1. The first-order valence-electron chi connectivity index (χ1n) is 12.0. The lowest BCUT2D eigenvalue weighted by molar-refractivity contribution is -0.146. The van der Waals surface area contributed by atoms with E-state index >= 15 is 0 Å². The Labute approximate surface area is 222 Å². The quantitative estimate of drug-likeness (QED) is 0.264. The maximum Gasteiger partial charge on any atom is 0.416 e. The van der Waals surface area contributed by atoms with Crippen molar-refractivity contribution in [3.05, 3.63) is 64.2 Å². The van der Waals surface area contributed by atoms with Gasteiger partial charge < -0.3 is 9.47 Å². The molecule has 0 bridgehead atoms. The fourth-order valence-corrected chi connectivity index (χ4v) is 4.89. The number of carbonyl (C=O) groups is 2. The summed E-state index contributed by atoms with van der Waals surface area (Å²) in [7, 11) is 0.853. The first kappa shape index (κ1) is 31.1. The Kier molecular flexibility index (Phi) is 8.70. The van der Waals surface area contributed by atoms with Gasteiger partial charge in [-0.15, -0.1) is 0 Å². The molecule has 0 aromatic heterocycles. The molecule has 3 rings (SSSR count). The molecule has 40 heavy (non-hydrogen) atoms. The Morgan fingerprint density at radius 3 is 1.88 bits per heavy atom. The lowest BCUT2D eigenvalue weighted by Gasteiger charge is -2.42. The van der Waals surface area contributed by atoms with E-state index in [1.54, 1.807) is 6.92 Å². The van der Waals surface area contributed by atoms with Crippen LogP contribution in [-0.2, 0) is 32.8 Å². The second kappa shape index (κ2) is 11.2. The molecule has 0 radical (unpaired) electrons. The topological polar surface area (TPSA) is 55.8 Å². The van der Waals surface area contributed by atoms with E-state index in [0.717, 1.165) is 18.1 Å². The molecule has 14 heteroatoms. The van der Waals surface area contributed by atoms with Crippen LogP contribution in [0.1, 0.15) is 66.3 Å². The van der Waals surface area contributed by atoms with E-state index in [1.165, 1.54) is 6.92 Å². The molecule has 2 aromatic rings. The summed E-state index contributed by atoms with van der Waals surface area (Å²) < 4.78 is 132. The predicted molar refractivity (Wildman–Crippen MR) is 124 cm³/mol. The van der Waals surface area contributed by atoms with Crippen LogP contribution in [0.25, 0.3) is 0 Å². The number of anilines is 1. The number of hydrogen-bond acceptors (Lipinski definition) is 4. The van der Waals surface area contributed by atoms with Gasteiger partial charge in [0.25, 0.3) is 0 Å². The van der Waals surface area contributed by atoms with Crippen molar-refractivity contribution in [2.75, 3.05) is 18.6 Å². The number of alkyl halides is 9. The van der Waals surface area contributed by atoms with Crippen molar-refractivity contribution in [3.63, 3.8) is 0 Å². The highest BCUT2D eigenvalue weighted by atomic mass is 19.4. The summed E-state index contributed by atoms with van der Waals surface area (Å²) in [5, 5.41) is 0. The second-order valence-corrected chi connectivity index (χ2v) is 9.08. The SMILES string of the molecule is CCOC(=O)N1c2ccc(C(F)(F)F)cc2[C@H]([C@@H](C(=O)OC)c2cc(C(F)(F)F)cc(C(F)(F)F)c2)C[C@H]1CC. The average molecular weight is 585 g/mol. The van der Waals surface area contributed by atoms with Gasteiger partial charge in [-0.2, -0.15) is 39.5 Å². The lowest BCUT2D eigenvalue weighted by atomic mass is 9.73. The van der Waals surface area contributed by atoms with Crippen LogP contribution < -0.4 is 4.90 Å². The van der Waals surface area contributed by atoms with E-state index in [0.29, 0.717) is 24.3 Å². The first-order valence-corrected chi connectivity index (χ1v) is 12.0. The zero-order chi connectivity index (χ0) is 30.2. The van der Waals surface area contributed by atoms with Gasteiger partial charge >= 0.3 is 30.6 Å². The molecule has 1 aliphatic rings. The van der Waals surface area contributed by atoms with Crippen LogP contribution in [0.2, 0.25) is 0 Å². The van der Waals surface area contributed by atoms with Crippen molar-refractivity contribution in [1.82, 2.24) is 0 Å². The number of carbonyl (C=O) groups excluding carboxylic acids is 2. The smallest absolute Gasteiger partial charge is 0.416 e. The molecule has 0 unspecified atom stereocenters. The Bertz CT molecular complexity index is 1220. The molecule has 3 atom stereocenters. The molecule has 2 aromatic carbocycles. The highest BCUT2D eigenvalue weighted by molar-refractivity contribution is 5.91. The van der Waals surface area contributed by atoms with Gasteiger partial charge in [0.1, 0.15) is 0 Å². The van der Waals surface area contributed by atoms with Crippen LogP contribution >= 0.6 is 0 Å². The van der Waals surface area contributed by atoms with Crippen LogP contribution in [-0.4, -0.2) is 31.8 Å². The van der Waals surface area contributed by atoms with Crippen molar-refractivity contribution in [1.29, 1.82) is 0 Å². The fraction of sp³-hybridized carbons (Fsp3) is 0.462. The number of rotatable bonds is 5. The molecule has 0 N–H and O–H groups in total. The molecule has 1 amide bonds. The van der Waals surface area contributed by atoms with Gasteiger partial charge in [0.2, 0.25) is 0 Å². The van der Waals surface area contributed by atoms with Crippen molar-refractivity contribution in [2.24, 2.45) is 0 Å². The van der Waals surface area contributed by atoms with Crippen LogP contribution in [0.15, 0.2) is 36.4 Å². The van der Waals surface area contributed by atoms with Crippen molar-refractivity contribution < 1.29 is 58.6 Å². The number of ether oxygens (including phenoxy) is 2. The van der Waals surface area contributed by atoms with E-state index in [4.69, 9.17) is 9.47 Å². The molecule has 0 saturated heterocycles. The summed E-state index contributed by atoms with van der Waals surface area (Å²) in [6.07, 6.45) is -16.4. The van der Waals surface area contributed by atoms with Gasteiger partial charge in [-0.05, 0) is 67.3 Å². The van der Waals surface area contributed by atoms with Crippen molar-refractivity contribution in [3.8, 4) is 0 Å². The van der Waals surface area contributed by atoms with Crippen LogP contribution in [0.4, 0.5) is 50.0 Å². The fourth-order valence-electron chi connectivity index (χ4n) is 4.89. The Hall–Kier alpha value is -3.45. The van der Waals surface area contributed by atoms with E-state index in [1.807, 2.05) is 0 Å². The summed E-state index contributed by atoms with van der Waals surface area (Å²) >= 11 is 0. The van der Waals surface area contributed by atoms with Gasteiger partial charge in [-0.1, -0.05) is 6.92 Å². The number of nitrogens with zero attached hydrogens (tertiary/aromatic N) is 1. The van der Waals surface area contributed by atoms with Crippen molar-refractivity contribution >= 4 is 17.7 Å². The van der Waals surface area contributed by atoms with Gasteiger partial charge in [0.05, 0.1) is 42.0 Å². The highest BCUT2D eigenvalue weighted by Gasteiger charge is 2.46. The first-order chi connectivity index (χ1) is 18.4. The molecule has 0 aliphatic carbocycles. The van der Waals surface area contributed by atoms with E-state index in [2.05, 4.69) is 0 Å². The summed E-state index contributed by atoms with van der Waals surface area (Å²) in [5.74, 6) is -4.54. The standard InChI is InChI=1S/C26H24F9NO4/c1-4-17-12-19(18-11-14(24(27,28)29)6-7-20(18)36(17)23(38)40-5-2)21(22(37)39-3)13-8-15(25(30,31)32)10-16(9-13)26(33,34)35/h6-11,17,19,21H,4-5,12H2,1-3H3/t17-,19-,21+/m1/s1. The van der Waals surface area contributed by atoms with Crippen LogP contribution in [0, 0.1) is 0 Å². The molecule has 0 saturated carbocycles. The normalized spacial score (nSPS) is 18.6. The zero-order valence-electron chi connectivity index (χ0n) is 21.3. The predicted octanol–water partition coefficient (Wildman–Crippen LogP) is 7.93. The monoisotopic (exact) mass is 585 g/mol. The largest absolute Gasteiger partial charge is 0.469 e. The minimum atomic E-state index is -5.24. The zero-order valence-corrected chi connectivity index (χ0v) is 21.3. The van der Waals surface area contributed by atoms with Crippen molar-refractivity contribution in [2.45, 2.75) is 63.1 Å². The van der Waals surface area contributed by atoms with Gasteiger partial charge in [0.15, 0.2) is 0 Å². The molecule has 0 spiro atoms. The van der Waals surface area contributed by atoms with E-state index < -0.39 is 70.7 Å². The molecule has 5 nitrogen and oxygen atoms in total. The Morgan fingerprint density at radius 1 is 0.875 bits per heavy atom. The molecule has 1 aliphatic heterocycles. The van der Waals surface area contributed by atoms with Gasteiger partial charge in [0, 0.05) is 12.0 Å². The third kappa shape index (κ3) is 6.30. The maximum atomic E-state index is 13.7. The van der Waals surface area contributed by atoms with Crippen LogP contribution in [0.3, 0.4) is 0 Å². The third-order valence-corrected chi connectivity index (χ3v) is 6.67. The number of halogens is 9. The minimum Gasteiger partial charge on any atom is -0.469 e. The van der Waals surface area contributed by atoms with Gasteiger partial charge in [-0.3, -0.25) is 9.69 Å². The molecule has 0 fully saturated rings. The van der Waals surface area contributed by atoms with Crippen LogP contribution in [0.5, 0.6) is 0 Å². The Balaban J connectivity index is 2.36. The second-order valence-electron chi connectivity index (χ2n) is 9.08. The summed E-state index contributed by atoms with van der Waals surface area (Å²) in [4.78, 5) is 26.9. The number of hydrogen-bond donors (Lipinski definition) is 0. The van der Waals surface area contributed by atoms with E-state index in [9.17, 15) is 49.1 Å². The maximum absolute atomic E-state index is 13.7.